The Labute approximate surface area is 121 Å². The van der Waals surface area contributed by atoms with Gasteiger partial charge < -0.3 is 16.2 Å². The maximum atomic E-state index is 11.7. The number of benzene rings is 1. The van der Waals surface area contributed by atoms with E-state index in [1.165, 1.54) is 32.1 Å². The fraction of sp³-hybridized carbons (Fsp3) is 0.562. The molecule has 1 aromatic carbocycles. The molecule has 112 valence electrons. The van der Waals surface area contributed by atoms with Crippen LogP contribution in [0.5, 0.6) is 5.75 Å². The van der Waals surface area contributed by atoms with Crippen LogP contribution in [0.4, 0.5) is 11.4 Å². The van der Waals surface area contributed by atoms with Gasteiger partial charge in [-0.2, -0.15) is 0 Å². The van der Waals surface area contributed by atoms with Gasteiger partial charge in [0.2, 0.25) is 0 Å². The summed E-state index contributed by atoms with van der Waals surface area (Å²) < 4.78 is 5.23. The Morgan fingerprint density at radius 2 is 1.70 bits per heavy atom. The van der Waals surface area contributed by atoms with Crippen molar-refractivity contribution in [3.63, 3.8) is 0 Å². The third-order valence-electron chi connectivity index (χ3n) is 3.24. The first-order valence-corrected chi connectivity index (χ1v) is 7.49. The molecule has 4 N–H and O–H groups in total. The lowest BCUT2D eigenvalue weighted by atomic mass is 10.1. The first-order chi connectivity index (χ1) is 9.63. The highest BCUT2D eigenvalue weighted by molar-refractivity contribution is 5.75. The van der Waals surface area contributed by atoms with Gasteiger partial charge in [-0.25, -0.2) is 0 Å². The Kier molecular flexibility index (Phi) is 7.55. The molecule has 4 heteroatoms. The number of ether oxygens (including phenoxy) is 1. The van der Waals surface area contributed by atoms with Gasteiger partial charge in [0.25, 0.3) is 0 Å². The minimum absolute atomic E-state index is 0.227. The Bertz CT molecular complexity index is 419. The number of unbranched alkanes of at least 4 members (excludes halogenated alkanes) is 6. The molecule has 0 amide bonds. The molecule has 0 radical (unpaired) electrons. The normalized spacial score (nSPS) is 10.4. The minimum atomic E-state index is -0.227. The van der Waals surface area contributed by atoms with Gasteiger partial charge in [0.15, 0.2) is 5.75 Å². The maximum absolute atomic E-state index is 11.7. The zero-order valence-electron chi connectivity index (χ0n) is 12.4. The van der Waals surface area contributed by atoms with Crippen molar-refractivity contribution in [1.29, 1.82) is 0 Å². The van der Waals surface area contributed by atoms with Crippen molar-refractivity contribution in [1.82, 2.24) is 0 Å². The van der Waals surface area contributed by atoms with E-state index in [1.54, 1.807) is 18.2 Å². The first kappa shape index (κ1) is 16.3. The highest BCUT2D eigenvalue weighted by Crippen LogP contribution is 2.24. The predicted octanol–water partition coefficient (Wildman–Crippen LogP) is 3.90. The molecule has 0 fully saturated rings. The molecule has 20 heavy (non-hydrogen) atoms. The van der Waals surface area contributed by atoms with Crippen molar-refractivity contribution in [2.45, 2.75) is 58.3 Å². The lowest BCUT2D eigenvalue weighted by Gasteiger charge is -2.07. The summed E-state index contributed by atoms with van der Waals surface area (Å²) in [5.74, 6) is 0.169. The Morgan fingerprint density at radius 1 is 1.05 bits per heavy atom. The highest BCUT2D eigenvalue weighted by atomic mass is 16.5. The first-order valence-electron chi connectivity index (χ1n) is 7.49. The molecule has 0 saturated heterocycles. The summed E-state index contributed by atoms with van der Waals surface area (Å²) in [6.07, 6.45) is 8.70. The maximum Gasteiger partial charge on any atom is 0.311 e. The van der Waals surface area contributed by atoms with Crippen molar-refractivity contribution in [3.05, 3.63) is 18.2 Å². The zero-order chi connectivity index (χ0) is 14.8. The molecule has 0 unspecified atom stereocenters. The summed E-state index contributed by atoms with van der Waals surface area (Å²) in [6.45, 7) is 2.21. The number of anilines is 2. The van der Waals surface area contributed by atoms with E-state index in [1.807, 2.05) is 0 Å². The number of hydrogen-bond donors (Lipinski definition) is 2. The van der Waals surface area contributed by atoms with Crippen molar-refractivity contribution in [2.24, 2.45) is 0 Å². The summed E-state index contributed by atoms with van der Waals surface area (Å²) in [6, 6.07) is 4.90. The van der Waals surface area contributed by atoms with Crippen LogP contribution in [0.15, 0.2) is 18.2 Å². The van der Waals surface area contributed by atoms with Crippen LogP contribution in [0.25, 0.3) is 0 Å². The SMILES string of the molecule is CCCCCCCCCC(=O)Oc1ccc(N)cc1N. The number of nitrogens with two attached hydrogens (primary N) is 2. The van der Waals surface area contributed by atoms with Gasteiger partial charge in [0.1, 0.15) is 0 Å². The Hall–Kier alpha value is -1.71. The van der Waals surface area contributed by atoms with Crippen LogP contribution in [0.2, 0.25) is 0 Å². The van der Waals surface area contributed by atoms with E-state index < -0.39 is 0 Å². The lowest BCUT2D eigenvalue weighted by Crippen LogP contribution is -2.09. The summed E-state index contributed by atoms with van der Waals surface area (Å²) >= 11 is 0. The van der Waals surface area contributed by atoms with Gasteiger partial charge in [-0.15, -0.1) is 0 Å². The van der Waals surface area contributed by atoms with E-state index in [0.29, 0.717) is 23.5 Å². The third-order valence-corrected chi connectivity index (χ3v) is 3.24. The van der Waals surface area contributed by atoms with Crippen LogP contribution in [-0.2, 0) is 4.79 Å². The number of rotatable bonds is 9. The molecule has 0 bridgehead atoms. The fourth-order valence-corrected chi connectivity index (χ4v) is 2.06. The summed E-state index contributed by atoms with van der Waals surface area (Å²) in [5.41, 5.74) is 12.3. The molecule has 1 rings (SSSR count). The standard InChI is InChI=1S/C16H26N2O2/c1-2-3-4-5-6-7-8-9-16(19)20-15-11-10-13(17)12-14(15)18/h10-12H,2-9,17-18H2,1H3. The smallest absolute Gasteiger partial charge is 0.311 e. The van der Waals surface area contributed by atoms with E-state index in [4.69, 9.17) is 16.2 Å². The molecule has 0 aliphatic heterocycles. The molecular weight excluding hydrogens is 252 g/mol. The largest absolute Gasteiger partial charge is 0.424 e. The fourth-order valence-electron chi connectivity index (χ4n) is 2.06. The van der Waals surface area contributed by atoms with Crippen LogP contribution < -0.4 is 16.2 Å². The van der Waals surface area contributed by atoms with Gasteiger partial charge in [-0.05, 0) is 24.6 Å². The second kappa shape index (κ2) is 9.23. The summed E-state index contributed by atoms with van der Waals surface area (Å²) in [7, 11) is 0. The Morgan fingerprint density at radius 3 is 2.35 bits per heavy atom. The average molecular weight is 278 g/mol. The van der Waals surface area contributed by atoms with Crippen molar-refractivity contribution in [3.8, 4) is 5.75 Å². The summed E-state index contributed by atoms with van der Waals surface area (Å²) in [5, 5.41) is 0. The molecule has 0 aromatic heterocycles. The Balaban J connectivity index is 2.17. The molecule has 0 saturated carbocycles. The van der Waals surface area contributed by atoms with E-state index in [0.717, 1.165) is 12.8 Å². The monoisotopic (exact) mass is 278 g/mol. The number of carbonyl (C=O) groups excluding carboxylic acids is 1. The van der Waals surface area contributed by atoms with Gasteiger partial charge in [-0.3, -0.25) is 4.79 Å². The molecule has 0 aliphatic rings. The van der Waals surface area contributed by atoms with Crippen LogP contribution in [-0.4, -0.2) is 5.97 Å². The molecule has 0 heterocycles. The van der Waals surface area contributed by atoms with Crippen LogP contribution in [0, 0.1) is 0 Å². The van der Waals surface area contributed by atoms with E-state index >= 15 is 0 Å². The van der Waals surface area contributed by atoms with Crippen molar-refractivity contribution in [2.75, 3.05) is 11.5 Å². The van der Waals surface area contributed by atoms with Crippen molar-refractivity contribution < 1.29 is 9.53 Å². The van der Waals surface area contributed by atoms with Crippen molar-refractivity contribution >= 4 is 17.3 Å². The topological polar surface area (TPSA) is 78.3 Å². The highest BCUT2D eigenvalue weighted by Gasteiger charge is 2.07. The zero-order valence-corrected chi connectivity index (χ0v) is 12.4. The predicted molar refractivity (Wildman–Crippen MR) is 83.5 cm³/mol. The molecule has 1 aromatic rings. The van der Waals surface area contributed by atoms with E-state index in [2.05, 4.69) is 6.92 Å². The van der Waals surface area contributed by atoms with E-state index in [9.17, 15) is 4.79 Å². The molecular formula is C16H26N2O2. The second-order valence-electron chi connectivity index (χ2n) is 5.14. The van der Waals surface area contributed by atoms with Crippen LogP contribution in [0.3, 0.4) is 0 Å². The number of nitrogen functional groups attached to an aromatic ring is 2. The molecule has 0 spiro atoms. The van der Waals surface area contributed by atoms with E-state index in [-0.39, 0.29) is 5.97 Å². The molecule has 4 nitrogen and oxygen atoms in total. The number of carbonyl (C=O) groups is 1. The minimum Gasteiger partial charge on any atom is -0.424 e. The molecule has 0 atom stereocenters. The van der Waals surface area contributed by atoms with Crippen LogP contribution in [0.1, 0.15) is 58.3 Å². The molecule has 0 aliphatic carbocycles. The summed E-state index contributed by atoms with van der Waals surface area (Å²) in [4.78, 5) is 11.7. The van der Waals surface area contributed by atoms with Crippen LogP contribution >= 0.6 is 0 Å². The van der Waals surface area contributed by atoms with Gasteiger partial charge >= 0.3 is 5.97 Å². The lowest BCUT2D eigenvalue weighted by molar-refractivity contribution is -0.134. The number of hydrogen-bond acceptors (Lipinski definition) is 4. The number of esters is 1. The average Bonchev–Trinajstić information content (AvgIpc) is 2.41. The van der Waals surface area contributed by atoms with Gasteiger partial charge in [-0.1, -0.05) is 45.4 Å². The third kappa shape index (κ3) is 6.45. The van der Waals surface area contributed by atoms with Gasteiger partial charge in [0, 0.05) is 12.1 Å². The van der Waals surface area contributed by atoms with Gasteiger partial charge in [0.05, 0.1) is 5.69 Å². The quantitative estimate of drug-likeness (QED) is 0.311. The second-order valence-corrected chi connectivity index (χ2v) is 5.14.